The number of rotatable bonds is 5. The zero-order valence-corrected chi connectivity index (χ0v) is 15.5. The summed E-state index contributed by atoms with van der Waals surface area (Å²) in [7, 11) is 0. The first-order valence-electron chi connectivity index (χ1n) is 8.84. The van der Waals surface area contributed by atoms with E-state index in [1.54, 1.807) is 17.0 Å². The van der Waals surface area contributed by atoms with Crippen LogP contribution in [0, 0.1) is 5.82 Å². The molecule has 0 aliphatic carbocycles. The van der Waals surface area contributed by atoms with Crippen LogP contribution in [0.25, 0.3) is 10.2 Å². The Kier molecular flexibility index (Phi) is 5.51. The third kappa shape index (κ3) is 4.05. The lowest BCUT2D eigenvalue weighted by atomic mass is 10.3. The van der Waals surface area contributed by atoms with Gasteiger partial charge in [0.1, 0.15) is 30.8 Å². The number of para-hydroxylation sites is 1. The molecule has 1 aromatic carbocycles. The summed E-state index contributed by atoms with van der Waals surface area (Å²) in [6.45, 7) is 4.82. The maximum absolute atomic E-state index is 14.1. The monoisotopic (exact) mass is 393 g/mol. The summed E-state index contributed by atoms with van der Waals surface area (Å²) in [6, 6.07) is 4.80. The highest BCUT2D eigenvalue weighted by atomic mass is 32.1. The highest BCUT2D eigenvalue weighted by Crippen LogP contribution is 2.31. The Labute approximate surface area is 159 Å². The van der Waals surface area contributed by atoms with Gasteiger partial charge in [-0.3, -0.25) is 14.6 Å². The van der Waals surface area contributed by atoms with Gasteiger partial charge in [-0.25, -0.2) is 9.37 Å². The van der Waals surface area contributed by atoms with Gasteiger partial charge in [0.05, 0.1) is 17.9 Å². The molecule has 0 atom stereocenters. The van der Waals surface area contributed by atoms with Gasteiger partial charge < -0.3 is 14.2 Å². The lowest BCUT2D eigenvalue weighted by Crippen LogP contribution is -2.44. The van der Waals surface area contributed by atoms with Crippen molar-refractivity contribution < 1.29 is 23.4 Å². The van der Waals surface area contributed by atoms with E-state index in [1.807, 2.05) is 0 Å². The van der Waals surface area contributed by atoms with Crippen LogP contribution >= 0.6 is 11.3 Å². The Morgan fingerprint density at radius 1 is 1.26 bits per heavy atom. The minimum Gasteiger partial charge on any atom is -0.494 e. The first kappa shape index (κ1) is 18.1. The number of hydrogen-bond acceptors (Lipinski definition) is 7. The van der Waals surface area contributed by atoms with Crippen LogP contribution in [-0.4, -0.2) is 68.4 Å². The smallest absolute Gasteiger partial charge is 0.298 e. The first-order valence-corrected chi connectivity index (χ1v) is 9.65. The molecular formula is C18H20FN3O4S. The summed E-state index contributed by atoms with van der Waals surface area (Å²) in [5, 5.41) is 0.448. The summed E-state index contributed by atoms with van der Waals surface area (Å²) >= 11 is 1.29. The summed E-state index contributed by atoms with van der Waals surface area (Å²) < 4.78 is 30.8. The lowest BCUT2D eigenvalue weighted by Gasteiger charge is -2.29. The van der Waals surface area contributed by atoms with Gasteiger partial charge in [0.2, 0.25) is 5.76 Å². The third-order valence-corrected chi connectivity index (χ3v) is 5.48. The highest BCUT2D eigenvalue weighted by molar-refractivity contribution is 7.22. The number of ether oxygens (including phenoxy) is 3. The van der Waals surface area contributed by atoms with Crippen LogP contribution in [0.1, 0.15) is 0 Å². The molecule has 2 aromatic rings. The van der Waals surface area contributed by atoms with Crippen molar-refractivity contribution in [3.63, 3.8) is 0 Å². The van der Waals surface area contributed by atoms with Gasteiger partial charge in [-0.15, -0.1) is 0 Å². The average Bonchev–Trinajstić information content (AvgIpc) is 3.15. The van der Waals surface area contributed by atoms with E-state index in [4.69, 9.17) is 14.2 Å². The maximum atomic E-state index is 14.1. The molecule has 144 valence electrons. The highest BCUT2D eigenvalue weighted by Gasteiger charge is 2.27. The van der Waals surface area contributed by atoms with Crippen LogP contribution in [0.15, 0.2) is 30.2 Å². The van der Waals surface area contributed by atoms with Crippen molar-refractivity contribution in [2.45, 2.75) is 0 Å². The second kappa shape index (κ2) is 8.20. The van der Waals surface area contributed by atoms with E-state index in [0.717, 1.165) is 13.1 Å². The molecule has 0 bridgehead atoms. The Balaban J connectivity index is 1.60. The number of halogens is 1. The zero-order chi connectivity index (χ0) is 18.6. The van der Waals surface area contributed by atoms with E-state index in [-0.39, 0.29) is 17.2 Å². The van der Waals surface area contributed by atoms with Gasteiger partial charge in [-0.1, -0.05) is 17.4 Å². The molecule has 7 nitrogen and oxygen atoms in total. The molecule has 1 aromatic heterocycles. The Bertz CT molecular complexity index is 850. The molecule has 2 aliphatic heterocycles. The Morgan fingerprint density at radius 2 is 2.11 bits per heavy atom. The number of benzene rings is 1. The molecule has 0 spiro atoms. The van der Waals surface area contributed by atoms with Gasteiger partial charge in [0.25, 0.3) is 5.91 Å². The molecule has 1 fully saturated rings. The molecule has 0 N–H and O–H groups in total. The molecule has 27 heavy (non-hydrogen) atoms. The van der Waals surface area contributed by atoms with Crippen molar-refractivity contribution in [3.05, 3.63) is 36.0 Å². The fourth-order valence-corrected chi connectivity index (χ4v) is 3.99. The summed E-state index contributed by atoms with van der Waals surface area (Å²) in [5.74, 6) is -0.586. The second-order valence-corrected chi connectivity index (χ2v) is 7.20. The van der Waals surface area contributed by atoms with Crippen molar-refractivity contribution in [2.75, 3.05) is 57.5 Å². The molecule has 2 aliphatic rings. The van der Waals surface area contributed by atoms with E-state index in [0.29, 0.717) is 49.3 Å². The molecule has 4 rings (SSSR count). The number of aromatic nitrogens is 1. The molecule has 9 heteroatoms. The van der Waals surface area contributed by atoms with Crippen LogP contribution in [-0.2, 0) is 19.0 Å². The lowest BCUT2D eigenvalue weighted by molar-refractivity contribution is -0.119. The fourth-order valence-electron chi connectivity index (χ4n) is 2.98. The molecule has 0 saturated carbocycles. The predicted molar refractivity (Wildman–Crippen MR) is 99.2 cm³/mol. The number of amides is 1. The minimum absolute atomic E-state index is 0.142. The molecule has 1 amide bonds. The zero-order valence-electron chi connectivity index (χ0n) is 14.7. The van der Waals surface area contributed by atoms with Crippen molar-refractivity contribution in [1.82, 2.24) is 9.88 Å². The van der Waals surface area contributed by atoms with Crippen LogP contribution in [0.3, 0.4) is 0 Å². The number of carbonyl (C=O) groups excluding carboxylic acids is 1. The van der Waals surface area contributed by atoms with Crippen molar-refractivity contribution >= 4 is 32.6 Å². The van der Waals surface area contributed by atoms with E-state index in [2.05, 4.69) is 9.88 Å². The van der Waals surface area contributed by atoms with E-state index >= 15 is 0 Å². The fraction of sp³-hybridized carbons (Fsp3) is 0.444. The molecular weight excluding hydrogens is 373 g/mol. The second-order valence-electron chi connectivity index (χ2n) is 6.20. The van der Waals surface area contributed by atoms with E-state index in [9.17, 15) is 9.18 Å². The van der Waals surface area contributed by atoms with Crippen molar-refractivity contribution in [3.8, 4) is 0 Å². The third-order valence-electron chi connectivity index (χ3n) is 4.44. The molecule has 1 saturated heterocycles. The standard InChI is InChI=1S/C18H20FN3O4S/c19-13-2-1-3-15-16(13)20-18(27-15)22(5-4-21-6-8-24-9-7-21)17(23)14-12-25-10-11-26-14/h1-3,12H,4-11H2. The maximum Gasteiger partial charge on any atom is 0.298 e. The summed E-state index contributed by atoms with van der Waals surface area (Å²) in [4.78, 5) is 21.2. The van der Waals surface area contributed by atoms with Gasteiger partial charge in [-0.05, 0) is 12.1 Å². The molecule has 0 radical (unpaired) electrons. The molecule has 3 heterocycles. The number of nitrogens with zero attached hydrogens (tertiary/aromatic N) is 3. The van der Waals surface area contributed by atoms with Crippen molar-refractivity contribution in [2.24, 2.45) is 0 Å². The number of hydrogen-bond donors (Lipinski definition) is 0. The number of fused-ring (bicyclic) bond motifs is 1. The Hall–Kier alpha value is -2.23. The predicted octanol–water partition coefficient (Wildman–Crippen LogP) is 1.99. The van der Waals surface area contributed by atoms with Crippen molar-refractivity contribution in [1.29, 1.82) is 0 Å². The largest absolute Gasteiger partial charge is 0.494 e. The van der Waals surface area contributed by atoms with Gasteiger partial charge in [-0.2, -0.15) is 0 Å². The first-order chi connectivity index (χ1) is 13.2. The summed E-state index contributed by atoms with van der Waals surface area (Å²) in [6.07, 6.45) is 1.33. The van der Waals surface area contributed by atoms with Crippen LogP contribution < -0.4 is 4.90 Å². The average molecular weight is 393 g/mol. The topological polar surface area (TPSA) is 64.1 Å². The SMILES string of the molecule is O=C(C1=COCCO1)N(CCN1CCOCC1)c1nc2c(F)cccc2s1. The van der Waals surface area contributed by atoms with E-state index in [1.165, 1.54) is 23.7 Å². The van der Waals surface area contributed by atoms with Gasteiger partial charge in [0, 0.05) is 26.2 Å². The molecule has 0 unspecified atom stereocenters. The Morgan fingerprint density at radius 3 is 2.85 bits per heavy atom. The van der Waals surface area contributed by atoms with Crippen LogP contribution in [0.5, 0.6) is 0 Å². The number of carbonyl (C=O) groups is 1. The quantitative estimate of drug-likeness (QED) is 0.774. The number of morpholine rings is 1. The van der Waals surface area contributed by atoms with Crippen LogP contribution in [0.4, 0.5) is 9.52 Å². The van der Waals surface area contributed by atoms with Gasteiger partial charge in [0.15, 0.2) is 5.13 Å². The van der Waals surface area contributed by atoms with Gasteiger partial charge >= 0.3 is 0 Å². The number of anilines is 1. The summed E-state index contributed by atoms with van der Waals surface area (Å²) in [5.41, 5.74) is 0.275. The van der Waals surface area contributed by atoms with E-state index < -0.39 is 5.82 Å². The normalized spacial score (nSPS) is 17.9. The van der Waals surface area contributed by atoms with Crippen LogP contribution in [0.2, 0.25) is 0 Å². The number of thiazole rings is 1. The minimum atomic E-state index is -0.396.